The molecule has 0 aliphatic carbocycles. The molecule has 1 aromatic heterocycles. The van der Waals surface area contributed by atoms with E-state index in [-0.39, 0.29) is 24.0 Å². The maximum Gasteiger partial charge on any atom is 0.191 e. The minimum Gasteiger partial charge on any atom is -0.356 e. The van der Waals surface area contributed by atoms with Gasteiger partial charge in [-0.1, -0.05) is 36.4 Å². The van der Waals surface area contributed by atoms with Crippen LogP contribution in [0.1, 0.15) is 10.4 Å². The minimum atomic E-state index is 0. The van der Waals surface area contributed by atoms with E-state index in [1.165, 1.54) is 10.4 Å². The van der Waals surface area contributed by atoms with E-state index in [0.717, 1.165) is 38.6 Å². The lowest BCUT2D eigenvalue weighted by Gasteiger charge is -2.18. The summed E-state index contributed by atoms with van der Waals surface area (Å²) >= 11 is 1.80. The van der Waals surface area contributed by atoms with Crippen molar-refractivity contribution in [1.82, 2.24) is 15.5 Å². The molecule has 6 heteroatoms. The van der Waals surface area contributed by atoms with Crippen molar-refractivity contribution in [2.24, 2.45) is 4.99 Å². The van der Waals surface area contributed by atoms with Crippen LogP contribution in [0.4, 0.5) is 0 Å². The van der Waals surface area contributed by atoms with Crippen LogP contribution in [0.2, 0.25) is 0 Å². The molecule has 2 aromatic rings. The van der Waals surface area contributed by atoms with Crippen LogP contribution in [-0.4, -0.2) is 44.6 Å². The highest BCUT2D eigenvalue weighted by atomic mass is 127. The fraction of sp³-hybridized carbons (Fsp3) is 0.389. The summed E-state index contributed by atoms with van der Waals surface area (Å²) in [4.78, 5) is 7.97. The molecule has 0 radical (unpaired) electrons. The third kappa shape index (κ3) is 8.12. The number of likely N-dealkylation sites (N-methyl/N-ethyl adjacent to an activating group) is 1. The summed E-state index contributed by atoms with van der Waals surface area (Å²) in [6.45, 7) is 3.72. The van der Waals surface area contributed by atoms with Gasteiger partial charge in [0.15, 0.2) is 5.96 Å². The summed E-state index contributed by atoms with van der Waals surface area (Å²) in [7, 11) is 3.95. The molecular weight excluding hydrogens is 431 g/mol. The highest BCUT2D eigenvalue weighted by molar-refractivity contribution is 14.0. The quantitative estimate of drug-likeness (QED) is 0.363. The minimum absolute atomic E-state index is 0. The van der Waals surface area contributed by atoms with Gasteiger partial charge in [-0.2, -0.15) is 0 Å². The van der Waals surface area contributed by atoms with Crippen LogP contribution in [0.25, 0.3) is 0 Å². The monoisotopic (exact) mass is 458 g/mol. The SMILES string of the molecule is CN=C(NCCc1cccs1)NCCN(C)Cc1ccccc1.I. The average Bonchev–Trinajstić information content (AvgIpc) is 3.07. The zero-order valence-electron chi connectivity index (χ0n) is 14.4. The molecule has 2 rings (SSSR count). The van der Waals surface area contributed by atoms with Gasteiger partial charge < -0.3 is 15.5 Å². The Labute approximate surface area is 166 Å². The van der Waals surface area contributed by atoms with E-state index < -0.39 is 0 Å². The predicted octanol–water partition coefficient (Wildman–Crippen LogP) is 3.21. The normalized spacial score (nSPS) is 11.2. The Morgan fingerprint density at radius 1 is 1.08 bits per heavy atom. The lowest BCUT2D eigenvalue weighted by atomic mass is 10.2. The third-order valence-corrected chi connectivity index (χ3v) is 4.49. The Bertz CT molecular complexity index is 572. The number of nitrogens with zero attached hydrogens (tertiary/aromatic N) is 2. The molecular formula is C18H27IN4S. The van der Waals surface area contributed by atoms with Gasteiger partial charge in [-0.05, 0) is 30.5 Å². The number of hydrogen-bond acceptors (Lipinski definition) is 3. The van der Waals surface area contributed by atoms with Gasteiger partial charge in [-0.3, -0.25) is 4.99 Å². The second-order valence-corrected chi connectivity index (χ2v) is 6.51. The number of hydrogen-bond donors (Lipinski definition) is 2. The van der Waals surface area contributed by atoms with Crippen molar-refractivity contribution in [1.29, 1.82) is 0 Å². The van der Waals surface area contributed by atoms with E-state index in [4.69, 9.17) is 0 Å². The first kappa shape index (κ1) is 20.9. The van der Waals surface area contributed by atoms with Crippen LogP contribution in [0, 0.1) is 0 Å². The van der Waals surface area contributed by atoms with Gasteiger partial charge in [0, 0.05) is 38.1 Å². The van der Waals surface area contributed by atoms with Crippen molar-refractivity contribution in [2.75, 3.05) is 33.7 Å². The zero-order valence-corrected chi connectivity index (χ0v) is 17.5. The molecule has 4 nitrogen and oxygen atoms in total. The molecule has 1 aromatic carbocycles. The Kier molecular flexibility index (Phi) is 10.7. The molecule has 0 saturated carbocycles. The van der Waals surface area contributed by atoms with E-state index in [9.17, 15) is 0 Å². The van der Waals surface area contributed by atoms with E-state index in [1.807, 2.05) is 7.05 Å². The lowest BCUT2D eigenvalue weighted by Crippen LogP contribution is -2.41. The van der Waals surface area contributed by atoms with Gasteiger partial charge in [0.2, 0.25) is 0 Å². The Morgan fingerprint density at radius 3 is 2.50 bits per heavy atom. The van der Waals surface area contributed by atoms with Crippen LogP contribution in [0.15, 0.2) is 52.8 Å². The standard InChI is InChI=1S/C18H26N4S.HI/c1-19-18(20-11-10-17-9-6-14-23-17)21-12-13-22(2)15-16-7-4-3-5-8-16;/h3-9,14H,10-13,15H2,1-2H3,(H2,19,20,21);1H. The Hall–Kier alpha value is -1.12. The average molecular weight is 458 g/mol. The molecule has 132 valence electrons. The Morgan fingerprint density at radius 2 is 1.83 bits per heavy atom. The molecule has 0 saturated heterocycles. The number of halogens is 1. The molecule has 0 fully saturated rings. The summed E-state index contributed by atoms with van der Waals surface area (Å²) in [5, 5.41) is 8.84. The van der Waals surface area contributed by atoms with Crippen LogP contribution in [-0.2, 0) is 13.0 Å². The molecule has 2 N–H and O–H groups in total. The fourth-order valence-corrected chi connectivity index (χ4v) is 3.03. The highest BCUT2D eigenvalue weighted by Crippen LogP contribution is 2.07. The van der Waals surface area contributed by atoms with E-state index in [2.05, 4.69) is 75.4 Å². The molecule has 0 bridgehead atoms. The second-order valence-electron chi connectivity index (χ2n) is 5.48. The van der Waals surface area contributed by atoms with Crippen molar-refractivity contribution in [3.63, 3.8) is 0 Å². The summed E-state index contributed by atoms with van der Waals surface area (Å²) in [6.07, 6.45) is 1.03. The lowest BCUT2D eigenvalue weighted by molar-refractivity contribution is 0.331. The number of benzene rings is 1. The van der Waals surface area contributed by atoms with E-state index in [1.54, 1.807) is 11.3 Å². The van der Waals surface area contributed by atoms with Gasteiger partial charge in [0.05, 0.1) is 0 Å². The first-order chi connectivity index (χ1) is 11.3. The van der Waals surface area contributed by atoms with Crippen LogP contribution in [0.5, 0.6) is 0 Å². The number of guanidine groups is 1. The van der Waals surface area contributed by atoms with Crippen molar-refractivity contribution in [3.05, 3.63) is 58.3 Å². The molecule has 1 heterocycles. The molecule has 24 heavy (non-hydrogen) atoms. The summed E-state index contributed by atoms with van der Waals surface area (Å²) in [6, 6.07) is 14.8. The highest BCUT2D eigenvalue weighted by Gasteiger charge is 2.02. The first-order valence-corrected chi connectivity index (χ1v) is 8.85. The molecule has 0 atom stereocenters. The maximum absolute atomic E-state index is 4.27. The van der Waals surface area contributed by atoms with Crippen molar-refractivity contribution < 1.29 is 0 Å². The largest absolute Gasteiger partial charge is 0.356 e. The van der Waals surface area contributed by atoms with Gasteiger partial charge >= 0.3 is 0 Å². The Balaban J connectivity index is 0.00000288. The van der Waals surface area contributed by atoms with Crippen molar-refractivity contribution >= 4 is 41.3 Å². The first-order valence-electron chi connectivity index (χ1n) is 7.97. The van der Waals surface area contributed by atoms with Crippen molar-refractivity contribution in [3.8, 4) is 0 Å². The van der Waals surface area contributed by atoms with Gasteiger partial charge in [-0.15, -0.1) is 35.3 Å². The molecule has 0 spiro atoms. The summed E-state index contributed by atoms with van der Waals surface area (Å²) in [5.41, 5.74) is 1.34. The molecule has 0 aliphatic rings. The van der Waals surface area contributed by atoms with E-state index >= 15 is 0 Å². The van der Waals surface area contributed by atoms with Gasteiger partial charge in [-0.25, -0.2) is 0 Å². The third-order valence-electron chi connectivity index (χ3n) is 3.55. The topological polar surface area (TPSA) is 39.7 Å². The number of rotatable bonds is 8. The number of thiophene rings is 1. The van der Waals surface area contributed by atoms with Gasteiger partial charge in [0.25, 0.3) is 0 Å². The van der Waals surface area contributed by atoms with Crippen LogP contribution < -0.4 is 10.6 Å². The second kappa shape index (κ2) is 12.3. The molecule has 0 unspecified atom stereocenters. The van der Waals surface area contributed by atoms with Crippen LogP contribution in [0.3, 0.4) is 0 Å². The fourth-order valence-electron chi connectivity index (χ4n) is 2.32. The summed E-state index contributed by atoms with van der Waals surface area (Å²) < 4.78 is 0. The smallest absolute Gasteiger partial charge is 0.191 e. The maximum atomic E-state index is 4.27. The van der Waals surface area contributed by atoms with Gasteiger partial charge in [0.1, 0.15) is 0 Å². The molecule has 0 aliphatic heterocycles. The number of nitrogens with one attached hydrogen (secondary N) is 2. The van der Waals surface area contributed by atoms with E-state index in [0.29, 0.717) is 0 Å². The van der Waals surface area contributed by atoms with Crippen molar-refractivity contribution in [2.45, 2.75) is 13.0 Å². The zero-order chi connectivity index (χ0) is 16.3. The number of aliphatic imine (C=N–C) groups is 1. The van der Waals surface area contributed by atoms with Crippen LogP contribution >= 0.6 is 35.3 Å². The summed E-state index contributed by atoms with van der Waals surface area (Å²) in [5.74, 6) is 0.870. The predicted molar refractivity (Wildman–Crippen MR) is 116 cm³/mol. The molecule has 0 amide bonds.